The second-order valence-corrected chi connectivity index (χ2v) is 7.54. The topological polar surface area (TPSA) is 84.9 Å². The summed E-state index contributed by atoms with van der Waals surface area (Å²) in [6.45, 7) is 0.603. The molecule has 118 valence electrons. The smallest absolute Gasteiger partial charge is 0.241 e. The third kappa shape index (κ3) is 2.57. The molecule has 0 radical (unpaired) electrons. The van der Waals surface area contributed by atoms with Crippen LogP contribution in [0.5, 0.6) is 5.88 Å². The molecule has 6 nitrogen and oxygen atoms in total. The highest BCUT2D eigenvalue weighted by molar-refractivity contribution is 7.91. The summed E-state index contributed by atoms with van der Waals surface area (Å²) in [4.78, 5) is 11.6. The molecular weight excluding hydrogens is 314 g/mol. The van der Waals surface area contributed by atoms with Gasteiger partial charge in [-0.15, -0.1) is 0 Å². The minimum atomic E-state index is -3.64. The van der Waals surface area contributed by atoms with Gasteiger partial charge in [0.15, 0.2) is 0 Å². The van der Waals surface area contributed by atoms with Gasteiger partial charge >= 0.3 is 0 Å². The van der Waals surface area contributed by atoms with Crippen molar-refractivity contribution < 1.29 is 13.2 Å². The Labute approximate surface area is 133 Å². The zero-order valence-electron chi connectivity index (χ0n) is 12.3. The summed E-state index contributed by atoms with van der Waals surface area (Å²) in [5.41, 5.74) is 0.873. The molecule has 2 aromatic heterocycles. The monoisotopic (exact) mass is 329 g/mol. The molecule has 1 N–H and O–H groups in total. The van der Waals surface area contributed by atoms with Gasteiger partial charge in [-0.3, -0.25) is 0 Å². The van der Waals surface area contributed by atoms with E-state index in [-0.39, 0.29) is 9.79 Å². The van der Waals surface area contributed by atoms with Gasteiger partial charge < -0.3 is 9.72 Å². The lowest BCUT2D eigenvalue weighted by Gasteiger charge is -2.05. The van der Waals surface area contributed by atoms with Crippen LogP contribution in [0.15, 0.2) is 52.6 Å². The Kier molecular flexibility index (Phi) is 3.30. The maximum absolute atomic E-state index is 12.8. The fourth-order valence-corrected chi connectivity index (χ4v) is 3.81. The van der Waals surface area contributed by atoms with Gasteiger partial charge in [0, 0.05) is 6.20 Å². The van der Waals surface area contributed by atoms with Crippen molar-refractivity contribution in [3.05, 3.63) is 42.9 Å². The summed E-state index contributed by atoms with van der Waals surface area (Å²) in [5.74, 6) is 0.985. The Morgan fingerprint density at radius 2 is 1.96 bits per heavy atom. The molecule has 3 aromatic rings. The Bertz CT molecular complexity index is 947. The van der Waals surface area contributed by atoms with E-state index in [9.17, 15) is 8.42 Å². The Morgan fingerprint density at radius 1 is 1.17 bits per heavy atom. The van der Waals surface area contributed by atoms with Gasteiger partial charge in [-0.05, 0) is 30.9 Å². The number of nitrogens with zero attached hydrogens (tertiary/aromatic N) is 2. The highest BCUT2D eigenvalue weighted by Gasteiger charge is 2.26. The van der Waals surface area contributed by atoms with Crippen LogP contribution in [0, 0.1) is 5.92 Å². The number of aromatic nitrogens is 3. The number of sulfone groups is 1. The second kappa shape index (κ2) is 5.34. The van der Waals surface area contributed by atoms with Crippen molar-refractivity contribution in [2.45, 2.75) is 22.6 Å². The van der Waals surface area contributed by atoms with E-state index in [0.717, 1.165) is 0 Å². The molecule has 0 bridgehead atoms. The van der Waals surface area contributed by atoms with Crippen molar-refractivity contribution in [1.82, 2.24) is 15.0 Å². The second-order valence-electron chi connectivity index (χ2n) is 5.63. The number of benzene rings is 1. The van der Waals surface area contributed by atoms with Gasteiger partial charge in [0.25, 0.3) is 0 Å². The molecule has 1 aliphatic rings. The van der Waals surface area contributed by atoms with Crippen LogP contribution >= 0.6 is 0 Å². The van der Waals surface area contributed by atoms with Crippen molar-refractivity contribution in [2.75, 3.05) is 6.61 Å². The Morgan fingerprint density at radius 3 is 2.70 bits per heavy atom. The van der Waals surface area contributed by atoms with Gasteiger partial charge in [0.1, 0.15) is 22.3 Å². The largest absolute Gasteiger partial charge is 0.476 e. The zero-order chi connectivity index (χ0) is 15.9. The molecule has 1 saturated carbocycles. The minimum absolute atomic E-state index is 0.136. The van der Waals surface area contributed by atoms with Gasteiger partial charge in [-0.2, -0.15) is 4.98 Å². The Hall–Kier alpha value is -2.41. The SMILES string of the molecule is O=S(=O)(c1ccccc1)c1c[nH]c2c(OCC3CC3)ncnc12. The highest BCUT2D eigenvalue weighted by Crippen LogP contribution is 2.32. The lowest BCUT2D eigenvalue weighted by molar-refractivity contribution is 0.291. The molecule has 0 unspecified atom stereocenters. The first-order valence-electron chi connectivity index (χ1n) is 7.41. The summed E-state index contributed by atoms with van der Waals surface area (Å²) >= 11 is 0. The van der Waals surface area contributed by atoms with E-state index in [0.29, 0.717) is 29.4 Å². The van der Waals surface area contributed by atoms with Gasteiger partial charge in [-0.25, -0.2) is 13.4 Å². The standard InChI is InChI=1S/C16H15N3O3S/c20-23(21,12-4-2-1-3-5-12)13-8-17-15-14(13)18-10-19-16(15)22-9-11-6-7-11/h1-5,8,10-11,17H,6-7,9H2. The third-order valence-corrected chi connectivity index (χ3v) is 5.67. The van der Waals surface area contributed by atoms with Crippen LogP contribution in [0.3, 0.4) is 0 Å². The predicted molar refractivity (Wildman–Crippen MR) is 84.0 cm³/mol. The quantitative estimate of drug-likeness (QED) is 0.777. The molecule has 1 aliphatic carbocycles. The number of fused-ring (bicyclic) bond motifs is 1. The van der Waals surface area contributed by atoms with Crippen molar-refractivity contribution >= 4 is 20.9 Å². The normalized spacial score (nSPS) is 15.0. The van der Waals surface area contributed by atoms with Crippen molar-refractivity contribution in [3.8, 4) is 5.88 Å². The molecule has 7 heteroatoms. The maximum atomic E-state index is 12.8. The third-order valence-electron chi connectivity index (χ3n) is 3.89. The number of H-pyrrole nitrogens is 1. The first-order valence-corrected chi connectivity index (χ1v) is 8.89. The average molecular weight is 329 g/mol. The fraction of sp³-hybridized carbons (Fsp3) is 0.250. The van der Waals surface area contributed by atoms with E-state index in [1.807, 2.05) is 0 Å². The summed E-state index contributed by atoms with van der Waals surface area (Å²) in [7, 11) is -3.64. The molecular formula is C16H15N3O3S. The molecule has 23 heavy (non-hydrogen) atoms. The minimum Gasteiger partial charge on any atom is -0.476 e. The number of ether oxygens (including phenoxy) is 1. The number of hydrogen-bond acceptors (Lipinski definition) is 5. The average Bonchev–Trinajstić information content (AvgIpc) is 3.29. The van der Waals surface area contributed by atoms with Crippen molar-refractivity contribution in [2.24, 2.45) is 5.92 Å². The van der Waals surface area contributed by atoms with Crippen molar-refractivity contribution in [3.63, 3.8) is 0 Å². The van der Waals surface area contributed by atoms with Crippen molar-refractivity contribution in [1.29, 1.82) is 0 Å². The molecule has 0 amide bonds. The summed E-state index contributed by atoms with van der Waals surface area (Å²) in [6.07, 6.45) is 5.13. The number of rotatable bonds is 5. The van der Waals surface area contributed by atoms with Crippen LogP contribution in [0.1, 0.15) is 12.8 Å². The molecule has 1 aromatic carbocycles. The Balaban J connectivity index is 1.78. The van der Waals surface area contributed by atoms with Gasteiger partial charge in [0.05, 0.1) is 11.5 Å². The van der Waals surface area contributed by atoms with Crippen LogP contribution in [0.25, 0.3) is 11.0 Å². The number of nitrogens with one attached hydrogen (secondary N) is 1. The fourth-order valence-electron chi connectivity index (χ4n) is 2.41. The first kappa shape index (κ1) is 14.2. The molecule has 0 atom stereocenters. The highest BCUT2D eigenvalue weighted by atomic mass is 32.2. The summed E-state index contributed by atoms with van der Waals surface area (Å²) < 4.78 is 31.2. The van der Waals surface area contributed by atoms with Crippen LogP contribution in [0.4, 0.5) is 0 Å². The number of aromatic amines is 1. The van der Waals surface area contributed by atoms with E-state index in [2.05, 4.69) is 15.0 Å². The molecule has 4 rings (SSSR count). The predicted octanol–water partition coefficient (Wildman–Crippen LogP) is 2.58. The summed E-state index contributed by atoms with van der Waals surface area (Å²) in [5, 5.41) is 0. The molecule has 2 heterocycles. The lowest BCUT2D eigenvalue weighted by atomic mass is 10.4. The molecule has 0 saturated heterocycles. The molecule has 0 spiro atoms. The van der Waals surface area contributed by atoms with Gasteiger partial charge in [0.2, 0.25) is 15.7 Å². The first-order chi connectivity index (χ1) is 11.2. The zero-order valence-corrected chi connectivity index (χ0v) is 13.1. The summed E-state index contributed by atoms with van der Waals surface area (Å²) in [6, 6.07) is 8.31. The molecule has 0 aliphatic heterocycles. The van der Waals surface area contributed by atoms with Gasteiger partial charge in [-0.1, -0.05) is 18.2 Å². The van der Waals surface area contributed by atoms with E-state index >= 15 is 0 Å². The van der Waals surface area contributed by atoms with E-state index in [1.165, 1.54) is 25.4 Å². The van der Waals surface area contributed by atoms with E-state index in [4.69, 9.17) is 4.74 Å². The van der Waals surface area contributed by atoms with E-state index in [1.54, 1.807) is 30.3 Å². The van der Waals surface area contributed by atoms with Crippen LogP contribution in [-0.4, -0.2) is 30.0 Å². The maximum Gasteiger partial charge on any atom is 0.241 e. The van der Waals surface area contributed by atoms with E-state index < -0.39 is 9.84 Å². The molecule has 1 fully saturated rings. The lowest BCUT2D eigenvalue weighted by Crippen LogP contribution is -2.03. The number of hydrogen-bond donors (Lipinski definition) is 1. The van der Waals surface area contributed by atoms with Crippen LogP contribution in [0.2, 0.25) is 0 Å². The van der Waals surface area contributed by atoms with Crippen LogP contribution in [-0.2, 0) is 9.84 Å². The van der Waals surface area contributed by atoms with Crippen LogP contribution < -0.4 is 4.74 Å².